The van der Waals surface area contributed by atoms with Crippen molar-refractivity contribution in [2.75, 3.05) is 0 Å². The maximum atomic E-state index is 12.1. The zero-order valence-electron chi connectivity index (χ0n) is 9.19. The molecule has 18 heavy (non-hydrogen) atoms. The smallest absolute Gasteiger partial charge is 0.316 e. The first-order valence-corrected chi connectivity index (χ1v) is 6.42. The van der Waals surface area contributed by atoms with Crippen molar-refractivity contribution >= 4 is 34.9 Å². The van der Waals surface area contributed by atoms with E-state index in [9.17, 15) is 9.59 Å². The van der Waals surface area contributed by atoms with Crippen molar-refractivity contribution in [3.05, 3.63) is 45.0 Å². The zero-order valence-corrected chi connectivity index (χ0v) is 10.0. The Kier molecular flexibility index (Phi) is 1.64. The van der Waals surface area contributed by atoms with Gasteiger partial charge in [-0.2, -0.15) is 0 Å². The first-order chi connectivity index (χ1) is 8.71. The van der Waals surface area contributed by atoms with E-state index >= 15 is 0 Å². The average molecular weight is 256 g/mol. The fourth-order valence-corrected chi connectivity index (χ4v) is 3.56. The summed E-state index contributed by atoms with van der Waals surface area (Å²) in [6.07, 6.45) is 7.58. The minimum atomic E-state index is -1.04. The number of nitrogens with one attached hydrogen (secondary N) is 2. The summed E-state index contributed by atoms with van der Waals surface area (Å²) in [7, 11) is 0. The predicted octanol–water partition coefficient (Wildman–Crippen LogP) is -0.233. The highest BCUT2D eigenvalue weighted by molar-refractivity contribution is 7.07. The molecule has 1 atom stereocenters. The number of allylic oxidation sites excluding steroid dienone is 2. The summed E-state index contributed by atoms with van der Waals surface area (Å²) < 4.78 is 1.13. The van der Waals surface area contributed by atoms with Gasteiger partial charge in [0.15, 0.2) is 5.54 Å². The molecule has 2 heterocycles. The van der Waals surface area contributed by atoms with Crippen LogP contribution in [0.1, 0.15) is 0 Å². The molecule has 3 aliphatic rings. The van der Waals surface area contributed by atoms with Crippen molar-refractivity contribution in [2.45, 2.75) is 5.54 Å². The Bertz CT molecular complexity index is 784. The molecule has 0 radical (unpaired) electrons. The summed E-state index contributed by atoms with van der Waals surface area (Å²) in [6, 6.07) is 1.55. The summed E-state index contributed by atoms with van der Waals surface area (Å²) in [5.74, 6) is -0.309. The van der Waals surface area contributed by atoms with Crippen molar-refractivity contribution in [2.24, 2.45) is 0 Å². The van der Waals surface area contributed by atoms with Gasteiger partial charge in [0.2, 0.25) is 0 Å². The van der Waals surface area contributed by atoms with Gasteiger partial charge in [0.25, 0.3) is 5.91 Å². The van der Waals surface area contributed by atoms with E-state index in [1.54, 1.807) is 17.4 Å². The van der Waals surface area contributed by atoms with Gasteiger partial charge in [0.05, 0.1) is 0 Å². The van der Waals surface area contributed by atoms with E-state index in [2.05, 4.69) is 16.7 Å². The van der Waals surface area contributed by atoms with E-state index in [-0.39, 0.29) is 5.91 Å². The summed E-state index contributed by atoms with van der Waals surface area (Å²) >= 11 is 1.63. The van der Waals surface area contributed by atoms with Gasteiger partial charge < -0.3 is 5.32 Å². The predicted molar refractivity (Wildman–Crippen MR) is 68.1 cm³/mol. The van der Waals surface area contributed by atoms with Gasteiger partial charge in [-0.25, -0.2) is 4.79 Å². The lowest BCUT2D eigenvalue weighted by atomic mass is 9.82. The van der Waals surface area contributed by atoms with E-state index in [1.165, 1.54) is 0 Å². The molecule has 0 bridgehead atoms. The summed E-state index contributed by atoms with van der Waals surface area (Å²) in [6.45, 7) is 0. The van der Waals surface area contributed by atoms with Crippen LogP contribution in [0.25, 0.3) is 11.6 Å². The molecule has 88 valence electrons. The van der Waals surface area contributed by atoms with Crippen LogP contribution in [-0.4, -0.2) is 17.5 Å². The Morgan fingerprint density at radius 2 is 2.17 bits per heavy atom. The van der Waals surface area contributed by atoms with E-state index in [0.29, 0.717) is 0 Å². The molecule has 1 unspecified atom stereocenters. The third-order valence-corrected chi connectivity index (χ3v) is 4.32. The van der Waals surface area contributed by atoms with Crippen molar-refractivity contribution in [3.63, 3.8) is 0 Å². The lowest BCUT2D eigenvalue weighted by Crippen LogP contribution is -2.49. The molecule has 4 nitrogen and oxygen atoms in total. The Morgan fingerprint density at radius 1 is 1.28 bits per heavy atom. The number of carbonyl (C=O) groups excluding carboxylic acids is 2. The first-order valence-electron chi connectivity index (χ1n) is 5.54. The third-order valence-electron chi connectivity index (χ3n) is 3.45. The maximum absolute atomic E-state index is 12.1. The lowest BCUT2D eigenvalue weighted by molar-refractivity contribution is -0.120. The lowest BCUT2D eigenvalue weighted by Gasteiger charge is -2.27. The van der Waals surface area contributed by atoms with Gasteiger partial charge >= 0.3 is 6.03 Å². The maximum Gasteiger partial charge on any atom is 0.322 e. The summed E-state index contributed by atoms with van der Waals surface area (Å²) in [4.78, 5) is 23.6. The number of hydrogen-bond acceptors (Lipinski definition) is 3. The van der Waals surface area contributed by atoms with Crippen LogP contribution in [0.4, 0.5) is 4.79 Å². The molecule has 1 saturated heterocycles. The standard InChI is InChI=1S/C13H8N2O2S/c16-11-13(15-12(17)14-11)4-1-2-7-6-9-8(10(7)13)3-5-18-9/h1-6H,(H2,14,15,16,17). The largest absolute Gasteiger partial charge is 0.322 e. The van der Waals surface area contributed by atoms with Crippen molar-refractivity contribution in [3.8, 4) is 0 Å². The van der Waals surface area contributed by atoms with Crippen LogP contribution in [-0.2, 0) is 4.79 Å². The van der Waals surface area contributed by atoms with E-state index in [4.69, 9.17) is 0 Å². The second kappa shape index (κ2) is 3.00. The normalized spacial score (nSPS) is 27.6. The molecule has 2 aliphatic carbocycles. The van der Waals surface area contributed by atoms with Crippen LogP contribution < -0.4 is 20.4 Å². The summed E-state index contributed by atoms with van der Waals surface area (Å²) in [5, 5.41) is 8.08. The fraction of sp³-hybridized carbons (Fsp3) is 0.0769. The quantitative estimate of drug-likeness (QED) is 0.630. The molecular weight excluding hydrogens is 248 g/mol. The molecule has 3 amide bonds. The van der Waals surface area contributed by atoms with Crippen LogP contribution in [0.2, 0.25) is 0 Å². The van der Waals surface area contributed by atoms with Crippen LogP contribution >= 0.6 is 11.3 Å². The number of amides is 3. The van der Waals surface area contributed by atoms with Gasteiger partial charge in [-0.05, 0) is 34.4 Å². The minimum absolute atomic E-state index is 0.309. The first kappa shape index (κ1) is 9.85. The highest BCUT2D eigenvalue weighted by Crippen LogP contribution is 2.34. The number of fused-ring (bicyclic) bond motifs is 3. The Labute approximate surface area is 106 Å². The van der Waals surface area contributed by atoms with Crippen molar-refractivity contribution in [1.29, 1.82) is 0 Å². The monoisotopic (exact) mass is 256 g/mol. The molecule has 1 spiro atoms. The Morgan fingerprint density at radius 3 is 2.94 bits per heavy atom. The average Bonchev–Trinajstić information content (AvgIpc) is 2.93. The van der Waals surface area contributed by atoms with E-state index < -0.39 is 11.6 Å². The van der Waals surface area contributed by atoms with E-state index in [1.807, 2.05) is 23.6 Å². The number of thiophene rings is 1. The van der Waals surface area contributed by atoms with Crippen LogP contribution in [0.5, 0.6) is 0 Å². The molecule has 1 aromatic heterocycles. The molecule has 1 aliphatic heterocycles. The number of imide groups is 1. The molecule has 4 rings (SSSR count). The van der Waals surface area contributed by atoms with Gasteiger partial charge in [-0.15, -0.1) is 11.3 Å². The van der Waals surface area contributed by atoms with E-state index in [0.717, 1.165) is 20.9 Å². The van der Waals surface area contributed by atoms with Gasteiger partial charge in [0, 0.05) is 10.1 Å². The highest BCUT2D eigenvalue weighted by atomic mass is 32.1. The molecule has 1 fully saturated rings. The molecular formula is C13H8N2O2S. The third kappa shape index (κ3) is 1.00. The van der Waals surface area contributed by atoms with Crippen molar-refractivity contribution in [1.82, 2.24) is 10.6 Å². The van der Waals surface area contributed by atoms with Gasteiger partial charge in [0.1, 0.15) is 0 Å². The number of urea groups is 1. The molecule has 2 N–H and O–H groups in total. The number of carbonyl (C=O) groups is 2. The van der Waals surface area contributed by atoms with Crippen LogP contribution in [0.3, 0.4) is 0 Å². The molecule has 1 aromatic rings. The van der Waals surface area contributed by atoms with Gasteiger partial charge in [-0.1, -0.05) is 12.2 Å². The number of hydrogen-bond donors (Lipinski definition) is 2. The minimum Gasteiger partial charge on any atom is -0.316 e. The summed E-state index contributed by atoms with van der Waals surface area (Å²) in [5.41, 5.74) is 0.838. The second-order valence-electron chi connectivity index (χ2n) is 4.42. The Balaban J connectivity index is 2.10. The number of rotatable bonds is 0. The van der Waals surface area contributed by atoms with Crippen LogP contribution in [0.15, 0.2) is 35.2 Å². The highest BCUT2D eigenvalue weighted by Gasteiger charge is 2.49. The SMILES string of the molecule is O=C1NC(=O)C2(C=CC=C3C=c4sccc4=C32)N1. The fourth-order valence-electron chi connectivity index (χ4n) is 2.72. The second-order valence-corrected chi connectivity index (χ2v) is 5.36. The molecule has 0 aromatic carbocycles. The zero-order chi connectivity index (χ0) is 12.3. The molecule has 0 saturated carbocycles. The molecule has 5 heteroatoms. The topological polar surface area (TPSA) is 58.2 Å². The van der Waals surface area contributed by atoms with Crippen molar-refractivity contribution < 1.29 is 9.59 Å². The Hall–Kier alpha value is -2.14. The van der Waals surface area contributed by atoms with Crippen LogP contribution in [0, 0.1) is 0 Å². The van der Waals surface area contributed by atoms with Gasteiger partial charge in [-0.3, -0.25) is 10.1 Å².